The van der Waals surface area contributed by atoms with Crippen LogP contribution in [0.25, 0.3) is 0 Å². The van der Waals surface area contributed by atoms with Crippen molar-refractivity contribution in [3.63, 3.8) is 0 Å². The summed E-state index contributed by atoms with van der Waals surface area (Å²) < 4.78 is 9.17. The van der Waals surface area contributed by atoms with Crippen LogP contribution in [0.2, 0.25) is 0 Å². The number of hydrogen-bond donors (Lipinski definition) is 1. The van der Waals surface area contributed by atoms with E-state index in [0.717, 1.165) is 12.3 Å². The fourth-order valence-electron chi connectivity index (χ4n) is 0.537. The van der Waals surface area contributed by atoms with Gasteiger partial charge in [-0.05, 0) is 18.6 Å². The Labute approximate surface area is 64.2 Å². The minimum Gasteiger partial charge on any atom is -0.490 e. The molecule has 0 radical (unpaired) electrons. The Morgan fingerprint density at radius 2 is 2.70 bits per heavy atom. The summed E-state index contributed by atoms with van der Waals surface area (Å²) in [6.45, 7) is 1.57. The third-order valence-corrected chi connectivity index (χ3v) is 1.60. The summed E-state index contributed by atoms with van der Waals surface area (Å²) >= 11 is 1.40. The second-order valence-electron chi connectivity index (χ2n) is 1.81. The normalized spacial score (nSPS) is 9.70. The number of aromatic nitrogens is 1. The molecule has 10 heavy (non-hydrogen) atoms. The van der Waals surface area contributed by atoms with Gasteiger partial charge in [0.05, 0.1) is 11.6 Å². The van der Waals surface area contributed by atoms with Gasteiger partial charge < -0.3 is 10.1 Å². The molecule has 1 rings (SSSR count). The molecule has 56 valence electrons. The number of nitrogens with one attached hydrogen (secondary N) is 1. The zero-order valence-corrected chi connectivity index (χ0v) is 6.65. The van der Waals surface area contributed by atoms with Crippen LogP contribution in [-0.2, 0) is 0 Å². The van der Waals surface area contributed by atoms with Crippen LogP contribution in [0.4, 0.5) is 0 Å². The summed E-state index contributed by atoms with van der Waals surface area (Å²) in [5.41, 5.74) is 0. The van der Waals surface area contributed by atoms with Crippen LogP contribution in [0.3, 0.4) is 0 Å². The quantitative estimate of drug-likeness (QED) is 0.656. The lowest BCUT2D eigenvalue weighted by atomic mass is 10.6. The Bertz CT molecular complexity index is 164. The Balaban J connectivity index is 2.15. The maximum atomic E-state index is 5.27. The first-order chi connectivity index (χ1) is 4.93. The maximum Gasteiger partial charge on any atom is 0.150 e. The van der Waals surface area contributed by atoms with Crippen LogP contribution in [0.1, 0.15) is 0 Å². The SMILES string of the molecule is CNCCOc1cnsc1. The van der Waals surface area contributed by atoms with E-state index >= 15 is 0 Å². The minimum atomic E-state index is 0.703. The monoisotopic (exact) mass is 158 g/mol. The van der Waals surface area contributed by atoms with E-state index < -0.39 is 0 Å². The van der Waals surface area contributed by atoms with Crippen molar-refractivity contribution in [2.45, 2.75) is 0 Å². The number of likely N-dealkylation sites (N-methyl/N-ethyl adjacent to an activating group) is 1. The molecule has 4 heteroatoms. The first kappa shape index (κ1) is 7.50. The third-order valence-electron chi connectivity index (χ3n) is 1.03. The topological polar surface area (TPSA) is 34.1 Å². The van der Waals surface area contributed by atoms with Crippen molar-refractivity contribution < 1.29 is 4.74 Å². The summed E-state index contributed by atoms with van der Waals surface area (Å²) in [4.78, 5) is 0. The van der Waals surface area contributed by atoms with Gasteiger partial charge in [0.2, 0.25) is 0 Å². The number of rotatable bonds is 4. The van der Waals surface area contributed by atoms with Crippen molar-refractivity contribution >= 4 is 11.5 Å². The van der Waals surface area contributed by atoms with Crippen molar-refractivity contribution in [2.75, 3.05) is 20.2 Å². The molecular formula is C6H10N2OS. The van der Waals surface area contributed by atoms with E-state index in [9.17, 15) is 0 Å². The van der Waals surface area contributed by atoms with Crippen molar-refractivity contribution in [3.8, 4) is 5.75 Å². The highest BCUT2D eigenvalue weighted by molar-refractivity contribution is 7.03. The molecule has 0 bridgehead atoms. The Hall–Kier alpha value is -0.610. The summed E-state index contributed by atoms with van der Waals surface area (Å²) in [5, 5.41) is 4.87. The molecule has 0 amide bonds. The average molecular weight is 158 g/mol. The molecule has 3 nitrogen and oxygen atoms in total. The fourth-order valence-corrected chi connectivity index (χ4v) is 0.996. The van der Waals surface area contributed by atoms with Gasteiger partial charge in [0.15, 0.2) is 0 Å². The van der Waals surface area contributed by atoms with Crippen LogP contribution in [0.15, 0.2) is 11.6 Å². The third kappa shape index (κ3) is 2.33. The molecule has 0 unspecified atom stereocenters. The van der Waals surface area contributed by atoms with Crippen molar-refractivity contribution in [1.29, 1.82) is 0 Å². The molecular weight excluding hydrogens is 148 g/mol. The van der Waals surface area contributed by atoms with E-state index in [2.05, 4.69) is 9.69 Å². The molecule has 0 aliphatic heterocycles. The zero-order chi connectivity index (χ0) is 7.23. The first-order valence-electron chi connectivity index (χ1n) is 3.10. The van der Waals surface area contributed by atoms with E-state index in [0.29, 0.717) is 6.61 Å². The smallest absolute Gasteiger partial charge is 0.150 e. The highest BCUT2D eigenvalue weighted by Crippen LogP contribution is 2.10. The molecule has 1 aromatic rings. The van der Waals surface area contributed by atoms with Crippen molar-refractivity contribution in [1.82, 2.24) is 9.69 Å². The lowest BCUT2D eigenvalue weighted by Crippen LogP contribution is -2.15. The van der Waals surface area contributed by atoms with Gasteiger partial charge in [-0.3, -0.25) is 0 Å². The van der Waals surface area contributed by atoms with Gasteiger partial charge in [-0.2, -0.15) is 4.37 Å². The molecule has 0 spiro atoms. The fraction of sp³-hybridized carbons (Fsp3) is 0.500. The number of ether oxygens (including phenoxy) is 1. The average Bonchev–Trinajstić information content (AvgIpc) is 2.41. The van der Waals surface area contributed by atoms with Crippen LogP contribution >= 0.6 is 11.5 Å². The van der Waals surface area contributed by atoms with E-state index in [1.807, 2.05) is 12.4 Å². The second kappa shape index (κ2) is 4.24. The molecule has 0 atom stereocenters. The predicted molar refractivity (Wildman–Crippen MR) is 41.5 cm³/mol. The largest absolute Gasteiger partial charge is 0.490 e. The van der Waals surface area contributed by atoms with Crippen LogP contribution in [-0.4, -0.2) is 24.6 Å². The van der Waals surface area contributed by atoms with Gasteiger partial charge in [0.25, 0.3) is 0 Å². The highest BCUT2D eigenvalue weighted by Gasteiger charge is 1.91. The van der Waals surface area contributed by atoms with E-state index in [4.69, 9.17) is 4.74 Å². The summed E-state index contributed by atoms with van der Waals surface area (Å²) in [7, 11) is 1.90. The number of nitrogens with zero attached hydrogens (tertiary/aromatic N) is 1. The summed E-state index contributed by atoms with van der Waals surface area (Å²) in [6, 6.07) is 0. The van der Waals surface area contributed by atoms with Crippen LogP contribution in [0, 0.1) is 0 Å². The molecule has 0 aliphatic rings. The minimum absolute atomic E-state index is 0.703. The molecule has 0 aromatic carbocycles. The maximum absolute atomic E-state index is 5.27. The molecule has 0 aliphatic carbocycles. The van der Waals surface area contributed by atoms with Gasteiger partial charge >= 0.3 is 0 Å². The zero-order valence-electron chi connectivity index (χ0n) is 5.83. The van der Waals surface area contributed by atoms with Gasteiger partial charge in [-0.15, -0.1) is 0 Å². The second-order valence-corrected chi connectivity index (χ2v) is 2.47. The van der Waals surface area contributed by atoms with E-state index in [1.54, 1.807) is 6.20 Å². The van der Waals surface area contributed by atoms with Gasteiger partial charge in [0.1, 0.15) is 12.4 Å². The van der Waals surface area contributed by atoms with Gasteiger partial charge in [0, 0.05) is 6.54 Å². The van der Waals surface area contributed by atoms with Gasteiger partial charge in [-0.25, -0.2) is 0 Å². The van der Waals surface area contributed by atoms with Crippen LogP contribution in [0.5, 0.6) is 5.75 Å². The lowest BCUT2D eigenvalue weighted by molar-refractivity contribution is 0.319. The molecule has 0 saturated heterocycles. The predicted octanol–water partition coefficient (Wildman–Crippen LogP) is 0.741. The Kier molecular flexibility index (Phi) is 3.18. The molecule has 1 heterocycles. The molecule has 1 N–H and O–H groups in total. The lowest BCUT2D eigenvalue weighted by Gasteiger charge is -2.00. The summed E-state index contributed by atoms with van der Waals surface area (Å²) in [5.74, 6) is 0.861. The van der Waals surface area contributed by atoms with Crippen molar-refractivity contribution in [3.05, 3.63) is 11.6 Å². The Morgan fingerprint density at radius 1 is 1.80 bits per heavy atom. The van der Waals surface area contributed by atoms with Gasteiger partial charge in [-0.1, -0.05) is 0 Å². The van der Waals surface area contributed by atoms with Crippen molar-refractivity contribution in [2.24, 2.45) is 0 Å². The Morgan fingerprint density at radius 3 is 3.30 bits per heavy atom. The standard InChI is InChI=1S/C6H10N2OS/c1-7-2-3-9-6-4-8-10-5-6/h4-5,7H,2-3H2,1H3. The van der Waals surface area contributed by atoms with Crippen LogP contribution < -0.4 is 10.1 Å². The number of hydrogen-bond acceptors (Lipinski definition) is 4. The highest BCUT2D eigenvalue weighted by atomic mass is 32.1. The molecule has 0 fully saturated rings. The summed E-state index contributed by atoms with van der Waals surface area (Å²) in [6.07, 6.45) is 1.72. The van der Waals surface area contributed by atoms with E-state index in [1.165, 1.54) is 11.5 Å². The van der Waals surface area contributed by atoms with E-state index in [-0.39, 0.29) is 0 Å². The first-order valence-corrected chi connectivity index (χ1v) is 3.94. The molecule has 1 aromatic heterocycles. The molecule has 0 saturated carbocycles.